The Morgan fingerprint density at radius 1 is 1.08 bits per heavy atom. The summed E-state index contributed by atoms with van der Waals surface area (Å²) in [7, 11) is 3.00. The molecule has 0 bridgehead atoms. The van der Waals surface area contributed by atoms with E-state index >= 15 is 0 Å². The van der Waals surface area contributed by atoms with Gasteiger partial charge in [0.05, 0.1) is 41.2 Å². The van der Waals surface area contributed by atoms with E-state index in [1.807, 2.05) is 6.07 Å². The Morgan fingerprint density at radius 2 is 1.79 bits per heavy atom. The van der Waals surface area contributed by atoms with Crippen LogP contribution in [0.25, 0.3) is 27.7 Å². The first-order valence-electron chi connectivity index (χ1n) is 11.8. The zero-order valence-corrected chi connectivity index (χ0v) is 22.9. The largest absolute Gasteiger partial charge is 0.495 e. The average molecular weight is 569 g/mol. The monoisotopic (exact) mass is 568 g/mol. The van der Waals surface area contributed by atoms with Gasteiger partial charge >= 0.3 is 0 Å². The molecule has 9 nitrogen and oxygen atoms in total. The lowest BCUT2D eigenvalue weighted by Gasteiger charge is -2.17. The van der Waals surface area contributed by atoms with E-state index < -0.39 is 5.82 Å². The molecule has 5 aromatic rings. The quantitative estimate of drug-likeness (QED) is 0.224. The number of para-hydroxylation sites is 1. The van der Waals surface area contributed by atoms with Crippen LogP contribution in [0, 0.1) is 11.7 Å². The van der Waals surface area contributed by atoms with E-state index in [-0.39, 0.29) is 27.6 Å². The maximum atomic E-state index is 14.8. The normalized spacial score (nSPS) is 11.3. The fraction of sp³-hybridized carbons (Fsp3) is 0.185. The van der Waals surface area contributed by atoms with E-state index in [0.29, 0.717) is 50.7 Å². The van der Waals surface area contributed by atoms with Crippen LogP contribution in [-0.2, 0) is 4.79 Å². The summed E-state index contributed by atoms with van der Waals surface area (Å²) >= 11 is 13.4. The second-order valence-corrected chi connectivity index (χ2v) is 9.68. The zero-order valence-electron chi connectivity index (χ0n) is 21.3. The number of pyridine rings is 2. The fourth-order valence-electron chi connectivity index (χ4n) is 4.13. The van der Waals surface area contributed by atoms with Crippen molar-refractivity contribution in [2.75, 3.05) is 24.9 Å². The van der Waals surface area contributed by atoms with E-state index in [0.717, 1.165) is 0 Å². The molecule has 2 aromatic carbocycles. The number of nitrogens with one attached hydrogen (secondary N) is 2. The third-order valence-corrected chi connectivity index (χ3v) is 6.90. The molecule has 3 aromatic heterocycles. The lowest BCUT2D eigenvalue weighted by atomic mass is 10.0. The number of fused-ring (bicyclic) bond motifs is 3. The van der Waals surface area contributed by atoms with Crippen molar-refractivity contribution in [2.45, 2.75) is 13.8 Å². The van der Waals surface area contributed by atoms with Gasteiger partial charge in [-0.3, -0.25) is 9.20 Å². The van der Waals surface area contributed by atoms with Crippen molar-refractivity contribution >= 4 is 62.9 Å². The predicted molar refractivity (Wildman–Crippen MR) is 150 cm³/mol. The summed E-state index contributed by atoms with van der Waals surface area (Å²) < 4.78 is 27.4. The van der Waals surface area contributed by atoms with Gasteiger partial charge in [-0.15, -0.1) is 10.2 Å². The number of amides is 1. The molecule has 0 saturated carbocycles. The Balaban J connectivity index is 1.64. The van der Waals surface area contributed by atoms with Gasteiger partial charge in [0, 0.05) is 40.8 Å². The molecular formula is C27H23Cl2FN6O3. The molecule has 3 heterocycles. The first-order chi connectivity index (χ1) is 18.7. The predicted octanol–water partition coefficient (Wildman–Crippen LogP) is 6.75. The molecule has 0 atom stereocenters. The highest BCUT2D eigenvalue weighted by atomic mass is 35.5. The number of halogens is 3. The van der Waals surface area contributed by atoms with Crippen molar-refractivity contribution in [2.24, 2.45) is 5.92 Å². The molecule has 12 heteroatoms. The minimum atomic E-state index is -0.542. The number of nitrogens with zero attached hydrogens (tertiary/aromatic N) is 4. The zero-order chi connectivity index (χ0) is 27.8. The summed E-state index contributed by atoms with van der Waals surface area (Å²) in [6.45, 7) is 3.51. The van der Waals surface area contributed by atoms with Crippen LogP contribution in [0.5, 0.6) is 11.5 Å². The van der Waals surface area contributed by atoms with Gasteiger partial charge in [-0.05, 0) is 18.2 Å². The van der Waals surface area contributed by atoms with Gasteiger partial charge in [-0.25, -0.2) is 9.37 Å². The molecule has 0 aliphatic carbocycles. The van der Waals surface area contributed by atoms with Gasteiger partial charge < -0.3 is 20.1 Å². The molecule has 5 rings (SSSR count). The standard InChI is InChI=1S/C27H23Cl2FN6O3/c1-13(2)27(37)33-17-7-5-6-16(30)25(17)34-21-9-18-14(11-31-21)8-15(26-35-32-12-36(18)26)22-23(28)19(38-3)10-20(39-4)24(22)29/h5-13H,1-4H3,(H,31,34)(H,33,37). The van der Waals surface area contributed by atoms with E-state index in [4.69, 9.17) is 32.7 Å². The molecule has 39 heavy (non-hydrogen) atoms. The van der Waals surface area contributed by atoms with Crippen LogP contribution in [0.2, 0.25) is 10.0 Å². The van der Waals surface area contributed by atoms with Crippen LogP contribution in [0.4, 0.5) is 21.6 Å². The molecule has 2 N–H and O–H groups in total. The number of methoxy groups -OCH3 is 2. The Morgan fingerprint density at radius 3 is 2.46 bits per heavy atom. The highest BCUT2D eigenvalue weighted by Gasteiger charge is 2.23. The van der Waals surface area contributed by atoms with Gasteiger partial charge in [0.2, 0.25) is 5.91 Å². The summed E-state index contributed by atoms with van der Waals surface area (Å²) in [5.41, 5.74) is 2.60. The SMILES string of the molecule is COc1cc(OC)c(Cl)c(-c2cc3cnc(Nc4c(F)cccc4NC(=O)C(C)C)cc3n3cnnc23)c1Cl. The van der Waals surface area contributed by atoms with Gasteiger partial charge in [0.1, 0.15) is 29.5 Å². The van der Waals surface area contributed by atoms with Crippen molar-refractivity contribution in [3.63, 3.8) is 0 Å². The van der Waals surface area contributed by atoms with E-state index in [2.05, 4.69) is 25.8 Å². The van der Waals surface area contributed by atoms with Gasteiger partial charge in [0.25, 0.3) is 0 Å². The Kier molecular flexibility index (Phi) is 7.16. The van der Waals surface area contributed by atoms with E-state index in [1.54, 1.807) is 49.0 Å². The molecule has 0 radical (unpaired) electrons. The lowest BCUT2D eigenvalue weighted by Crippen LogP contribution is -2.18. The number of hydrogen-bond donors (Lipinski definition) is 2. The summed E-state index contributed by atoms with van der Waals surface area (Å²) in [4.78, 5) is 16.7. The lowest BCUT2D eigenvalue weighted by molar-refractivity contribution is -0.118. The molecule has 200 valence electrons. The summed E-state index contributed by atoms with van der Waals surface area (Å²) in [6, 6.07) is 9.61. The Bertz CT molecular complexity index is 1710. The highest BCUT2D eigenvalue weighted by Crippen LogP contribution is 2.47. The molecule has 0 saturated heterocycles. The minimum Gasteiger partial charge on any atom is -0.495 e. The van der Waals surface area contributed by atoms with Crippen molar-refractivity contribution in [3.8, 4) is 22.6 Å². The van der Waals surface area contributed by atoms with Gasteiger partial charge in [-0.1, -0.05) is 43.1 Å². The van der Waals surface area contributed by atoms with E-state index in [9.17, 15) is 9.18 Å². The number of rotatable bonds is 7. The molecule has 0 fully saturated rings. The second-order valence-electron chi connectivity index (χ2n) is 8.93. The summed E-state index contributed by atoms with van der Waals surface area (Å²) in [6.07, 6.45) is 3.16. The first-order valence-corrected chi connectivity index (χ1v) is 12.6. The van der Waals surface area contributed by atoms with Crippen LogP contribution in [0.15, 0.2) is 48.9 Å². The number of carbonyl (C=O) groups excluding carboxylic acids is 1. The summed E-state index contributed by atoms with van der Waals surface area (Å²) in [5.74, 6) is 0.0549. The first kappa shape index (κ1) is 26.5. The third-order valence-electron chi connectivity index (χ3n) is 6.15. The maximum Gasteiger partial charge on any atom is 0.226 e. The van der Waals surface area contributed by atoms with Crippen LogP contribution < -0.4 is 20.1 Å². The van der Waals surface area contributed by atoms with Crippen LogP contribution in [-0.4, -0.2) is 39.7 Å². The highest BCUT2D eigenvalue weighted by molar-refractivity contribution is 6.41. The number of ether oxygens (including phenoxy) is 2. The fourth-order valence-corrected chi connectivity index (χ4v) is 4.83. The number of carbonyl (C=O) groups is 1. The smallest absolute Gasteiger partial charge is 0.226 e. The molecule has 0 spiro atoms. The van der Waals surface area contributed by atoms with Gasteiger partial charge in [0.15, 0.2) is 5.65 Å². The maximum absolute atomic E-state index is 14.8. The molecular weight excluding hydrogens is 546 g/mol. The number of aromatic nitrogens is 4. The van der Waals surface area contributed by atoms with Crippen LogP contribution in [0.1, 0.15) is 13.8 Å². The van der Waals surface area contributed by atoms with Crippen LogP contribution in [0.3, 0.4) is 0 Å². The van der Waals surface area contributed by atoms with Crippen molar-refractivity contribution in [3.05, 3.63) is 64.8 Å². The molecule has 0 aliphatic rings. The number of benzene rings is 2. The van der Waals surface area contributed by atoms with Gasteiger partial charge in [-0.2, -0.15) is 0 Å². The molecule has 0 unspecified atom stereocenters. The van der Waals surface area contributed by atoms with Crippen LogP contribution >= 0.6 is 23.2 Å². The van der Waals surface area contributed by atoms with E-state index in [1.165, 1.54) is 26.4 Å². The Labute approximate surface area is 232 Å². The number of anilines is 3. The van der Waals surface area contributed by atoms with Crippen molar-refractivity contribution in [1.29, 1.82) is 0 Å². The Hall–Kier alpha value is -4.15. The average Bonchev–Trinajstić information content (AvgIpc) is 3.41. The molecule has 0 aliphatic heterocycles. The second kappa shape index (κ2) is 10.5. The molecule has 1 amide bonds. The van der Waals surface area contributed by atoms with Crippen molar-refractivity contribution < 1.29 is 18.7 Å². The summed E-state index contributed by atoms with van der Waals surface area (Å²) in [5, 5.41) is 15.4. The topological polar surface area (TPSA) is 103 Å². The minimum absolute atomic E-state index is 0.0945. The van der Waals surface area contributed by atoms with Crippen molar-refractivity contribution in [1.82, 2.24) is 19.6 Å². The third kappa shape index (κ3) is 4.77. The number of hydrogen-bond acceptors (Lipinski definition) is 7.